The Labute approximate surface area is 206 Å². The van der Waals surface area contributed by atoms with Crippen molar-refractivity contribution in [1.29, 1.82) is 0 Å². The van der Waals surface area contributed by atoms with Crippen molar-refractivity contribution in [2.24, 2.45) is 17.3 Å². The van der Waals surface area contributed by atoms with E-state index in [0.29, 0.717) is 0 Å². The van der Waals surface area contributed by atoms with Gasteiger partial charge in [-0.2, -0.15) is 0 Å². The van der Waals surface area contributed by atoms with Gasteiger partial charge in [0.25, 0.3) is 0 Å². The fourth-order valence-electron chi connectivity index (χ4n) is 4.09. The molecule has 0 aliphatic heterocycles. The van der Waals surface area contributed by atoms with Gasteiger partial charge in [0.2, 0.25) is 6.58 Å². The van der Waals surface area contributed by atoms with Crippen LogP contribution in [-0.2, 0) is 18.4 Å². The Morgan fingerprint density at radius 2 is 1.42 bits per heavy atom. The number of Topliss-reactive ketones (excluding diaryl/α,β-unsaturated/α-hetero) is 1. The molecule has 0 aromatic heterocycles. The molecule has 0 heterocycles. The van der Waals surface area contributed by atoms with E-state index in [9.17, 15) is 14.7 Å². The standard InChI is InChI=1S/C26H50O5Si2/c1-14-19(5)23(31-32(12,13)25(7,8)9)20(6)24(29)26(10,11)21(18-22(27)28)30-33(15-2,16-3)17-4/h1,14,19-21,23H,15-18H2,2-13H3/p+1/t19-,20?,21-,23?/m0/s1. The molecule has 4 atom stereocenters. The molecule has 0 amide bonds. The molecule has 0 rings (SSSR count). The molecule has 0 aliphatic rings. The topological polar surface area (TPSA) is 72.8 Å². The first kappa shape index (κ1) is 32.1. The summed E-state index contributed by atoms with van der Waals surface area (Å²) in [4.78, 5) is 25.7. The number of ketones is 1. The van der Waals surface area contributed by atoms with Crippen LogP contribution in [0.5, 0.6) is 0 Å². The molecule has 192 valence electrons. The van der Waals surface area contributed by atoms with Crippen molar-refractivity contribution in [2.45, 2.75) is 124 Å². The van der Waals surface area contributed by atoms with Crippen molar-refractivity contribution in [3.8, 4) is 0 Å². The van der Waals surface area contributed by atoms with E-state index < -0.39 is 40.0 Å². The number of hydrogen-bond donors (Lipinski definition) is 1. The first-order chi connectivity index (χ1) is 14.9. The van der Waals surface area contributed by atoms with Gasteiger partial charge in [-0.25, -0.2) is 0 Å². The third kappa shape index (κ3) is 8.10. The normalized spacial score (nSPS) is 17.2. The summed E-state index contributed by atoms with van der Waals surface area (Å²) in [5.74, 6) is -1.55. The summed E-state index contributed by atoms with van der Waals surface area (Å²) in [5, 5.41) is 9.63. The molecular weight excluding hydrogens is 448 g/mol. The van der Waals surface area contributed by atoms with Gasteiger partial charge in [-0.15, -0.1) is 0 Å². The van der Waals surface area contributed by atoms with Gasteiger partial charge in [0.15, 0.2) is 22.7 Å². The predicted octanol–water partition coefficient (Wildman–Crippen LogP) is 7.10. The lowest BCUT2D eigenvalue weighted by molar-refractivity contribution is -0.146. The Kier molecular flexibility index (Phi) is 11.9. The maximum Gasteiger partial charge on any atom is 0.305 e. The Morgan fingerprint density at radius 1 is 0.970 bits per heavy atom. The highest BCUT2D eigenvalue weighted by Gasteiger charge is 2.49. The van der Waals surface area contributed by atoms with E-state index in [-0.39, 0.29) is 29.3 Å². The number of hydrogen-bond acceptors (Lipinski definition) is 4. The number of carbonyl (C=O) groups excluding carboxylic acids is 1. The van der Waals surface area contributed by atoms with E-state index in [1.54, 1.807) is 6.08 Å². The van der Waals surface area contributed by atoms with Crippen molar-refractivity contribution in [3.63, 3.8) is 0 Å². The summed E-state index contributed by atoms with van der Waals surface area (Å²) < 4.78 is 13.3. The molecule has 0 aromatic carbocycles. The monoisotopic (exact) mass is 499 g/mol. The summed E-state index contributed by atoms with van der Waals surface area (Å²) in [6.07, 6.45) is 0.357. The van der Waals surface area contributed by atoms with Crippen molar-refractivity contribution < 1.29 is 23.5 Å². The first-order valence-corrected chi connectivity index (χ1v) is 18.0. The summed E-state index contributed by atoms with van der Waals surface area (Å²) in [6.45, 7) is 30.6. The molecule has 0 aliphatic carbocycles. The van der Waals surface area contributed by atoms with Crippen LogP contribution >= 0.6 is 0 Å². The lowest BCUT2D eigenvalue weighted by atomic mass is 9.73. The van der Waals surface area contributed by atoms with Crippen LogP contribution in [-0.4, -0.2) is 45.7 Å². The molecule has 0 fully saturated rings. The molecule has 7 heteroatoms. The maximum absolute atomic E-state index is 14.0. The van der Waals surface area contributed by atoms with Gasteiger partial charge in [0.05, 0.1) is 18.6 Å². The van der Waals surface area contributed by atoms with Crippen molar-refractivity contribution >= 4 is 28.4 Å². The molecular formula is C26H51O5Si2+. The van der Waals surface area contributed by atoms with Crippen molar-refractivity contribution in [3.05, 3.63) is 12.7 Å². The molecule has 5 nitrogen and oxygen atoms in total. The maximum atomic E-state index is 14.0. The SMILES string of the molecule is [CH+]=C[C@H](C)C(O[Si](C)(C)C(C)(C)C)C(C)C(=O)C(C)(C)[C@H](CC(=O)O)O[Si](CC)(CC)CC. The van der Waals surface area contributed by atoms with Gasteiger partial charge in [-0.3, -0.25) is 9.59 Å². The molecule has 0 saturated carbocycles. The largest absolute Gasteiger partial charge is 0.481 e. The number of carboxylic acid groups (broad SMARTS) is 1. The van der Waals surface area contributed by atoms with Gasteiger partial charge < -0.3 is 14.0 Å². The van der Waals surface area contributed by atoms with E-state index in [1.165, 1.54) is 0 Å². The molecule has 0 saturated heterocycles. The quantitative estimate of drug-likeness (QED) is 0.192. The van der Waals surface area contributed by atoms with E-state index in [4.69, 9.17) is 15.4 Å². The van der Waals surface area contributed by atoms with Gasteiger partial charge in [-0.05, 0) is 36.3 Å². The summed E-state index contributed by atoms with van der Waals surface area (Å²) in [6, 6.07) is 2.69. The fraction of sp³-hybridized carbons (Fsp3) is 0.846. The Morgan fingerprint density at radius 3 is 1.76 bits per heavy atom. The van der Waals surface area contributed by atoms with Crippen LogP contribution < -0.4 is 0 Å². The van der Waals surface area contributed by atoms with Crippen LogP contribution in [0.3, 0.4) is 0 Å². The zero-order chi connectivity index (χ0) is 26.4. The zero-order valence-electron chi connectivity index (χ0n) is 23.4. The minimum absolute atomic E-state index is 0.0125. The number of rotatable bonds is 15. The molecule has 0 radical (unpaired) electrons. The van der Waals surface area contributed by atoms with Crippen LogP contribution in [0.1, 0.15) is 75.7 Å². The summed E-state index contributed by atoms with van der Waals surface area (Å²) >= 11 is 0. The second-order valence-electron chi connectivity index (χ2n) is 11.7. The average Bonchev–Trinajstić information content (AvgIpc) is 2.72. The van der Waals surface area contributed by atoms with Gasteiger partial charge in [-0.1, -0.05) is 69.2 Å². The van der Waals surface area contributed by atoms with E-state index in [2.05, 4.69) is 54.6 Å². The average molecular weight is 500 g/mol. The van der Waals surface area contributed by atoms with Gasteiger partial charge in [0.1, 0.15) is 5.78 Å². The molecule has 1 N–H and O–H groups in total. The number of carboxylic acids is 1. The van der Waals surface area contributed by atoms with Crippen LogP contribution in [0.4, 0.5) is 0 Å². The molecule has 0 bridgehead atoms. The minimum atomic E-state index is -2.17. The second kappa shape index (κ2) is 12.2. The fourth-order valence-corrected chi connectivity index (χ4v) is 8.52. The van der Waals surface area contributed by atoms with Crippen LogP contribution in [0.15, 0.2) is 6.08 Å². The zero-order valence-corrected chi connectivity index (χ0v) is 25.4. The molecule has 0 spiro atoms. The Bertz CT molecular complexity index is 654. The van der Waals surface area contributed by atoms with E-state index in [1.807, 2.05) is 27.7 Å². The van der Waals surface area contributed by atoms with Crippen LogP contribution in [0.2, 0.25) is 36.3 Å². The van der Waals surface area contributed by atoms with E-state index >= 15 is 0 Å². The molecule has 2 unspecified atom stereocenters. The second-order valence-corrected chi connectivity index (χ2v) is 21.2. The third-order valence-electron chi connectivity index (χ3n) is 8.09. The highest BCUT2D eigenvalue weighted by atomic mass is 28.4. The minimum Gasteiger partial charge on any atom is -0.481 e. The van der Waals surface area contributed by atoms with Gasteiger partial charge in [0, 0.05) is 17.3 Å². The van der Waals surface area contributed by atoms with Crippen LogP contribution in [0.25, 0.3) is 0 Å². The smallest absolute Gasteiger partial charge is 0.305 e. The van der Waals surface area contributed by atoms with Gasteiger partial charge >= 0.3 is 5.97 Å². The summed E-state index contributed by atoms with van der Waals surface area (Å²) in [7, 11) is -4.29. The lowest BCUT2D eigenvalue weighted by Crippen LogP contribution is -2.53. The highest BCUT2D eigenvalue weighted by molar-refractivity contribution is 6.74. The van der Waals surface area contributed by atoms with Crippen LogP contribution in [0, 0.1) is 23.8 Å². The third-order valence-corrected chi connectivity index (χ3v) is 17.2. The highest BCUT2D eigenvalue weighted by Crippen LogP contribution is 2.41. The predicted molar refractivity (Wildman–Crippen MR) is 142 cm³/mol. The van der Waals surface area contributed by atoms with Crippen molar-refractivity contribution in [2.75, 3.05) is 0 Å². The number of carbonyl (C=O) groups is 2. The molecule has 0 aromatic rings. The lowest BCUT2D eigenvalue weighted by Gasteiger charge is -2.44. The summed E-state index contributed by atoms with van der Waals surface area (Å²) in [5.41, 5.74) is -0.973. The first-order valence-electron chi connectivity index (χ1n) is 12.5. The number of aliphatic carboxylic acids is 1. The van der Waals surface area contributed by atoms with E-state index in [0.717, 1.165) is 18.1 Å². The van der Waals surface area contributed by atoms with Crippen molar-refractivity contribution in [1.82, 2.24) is 0 Å². The molecule has 33 heavy (non-hydrogen) atoms. The Hall–Kier alpha value is -0.856. The Balaban J connectivity index is 6.22.